The fourth-order valence-electron chi connectivity index (χ4n) is 6.88. The Kier molecular flexibility index (Phi) is 11.1. The van der Waals surface area contributed by atoms with Crippen molar-refractivity contribution in [1.82, 2.24) is 15.1 Å². The van der Waals surface area contributed by atoms with Gasteiger partial charge in [-0.3, -0.25) is 4.90 Å². The number of ether oxygens (including phenoxy) is 2. The molecule has 2 amide bonds. The van der Waals surface area contributed by atoms with Crippen LogP contribution in [0.15, 0.2) is 46.9 Å². The SMILES string of the molecule is COc1ccc([C@@]23CC[C@@H](NC(=O)Nc4cccc(Br)c4)C[C@@H]2N(C2CCN(C)CC2)CC3)cc1OC.O=C(O)C(F)(F)F. The van der Waals surface area contributed by atoms with Crippen LogP contribution < -0.4 is 20.1 Å². The van der Waals surface area contributed by atoms with Crippen molar-refractivity contribution in [3.63, 3.8) is 0 Å². The zero-order chi connectivity index (χ0) is 32.1. The predicted octanol–water partition coefficient (Wildman–Crippen LogP) is 5.88. The normalized spacial score (nSPS) is 24.4. The summed E-state index contributed by atoms with van der Waals surface area (Å²) in [7, 11) is 5.62. The van der Waals surface area contributed by atoms with E-state index < -0.39 is 12.1 Å². The van der Waals surface area contributed by atoms with E-state index in [9.17, 15) is 18.0 Å². The summed E-state index contributed by atoms with van der Waals surface area (Å²) in [4.78, 5) is 27.0. The van der Waals surface area contributed by atoms with Crippen molar-refractivity contribution in [2.24, 2.45) is 0 Å². The molecule has 44 heavy (non-hydrogen) atoms. The van der Waals surface area contributed by atoms with Gasteiger partial charge in [0.15, 0.2) is 11.5 Å². The number of alkyl halides is 3. The third kappa shape index (κ3) is 7.97. The Bertz CT molecular complexity index is 1310. The van der Waals surface area contributed by atoms with E-state index in [2.05, 4.69) is 55.5 Å². The third-order valence-corrected chi connectivity index (χ3v) is 9.57. The van der Waals surface area contributed by atoms with Crippen LogP contribution in [0.1, 0.15) is 44.1 Å². The van der Waals surface area contributed by atoms with Gasteiger partial charge in [0.2, 0.25) is 0 Å². The van der Waals surface area contributed by atoms with E-state index in [1.807, 2.05) is 30.3 Å². The van der Waals surface area contributed by atoms with Crippen LogP contribution in [0.3, 0.4) is 0 Å². The molecule has 0 aromatic heterocycles. The monoisotopic (exact) mass is 684 g/mol. The minimum atomic E-state index is -5.08. The molecule has 2 aromatic rings. The number of urea groups is 1. The smallest absolute Gasteiger partial charge is 0.490 e. The number of fused-ring (bicyclic) bond motifs is 1. The molecule has 2 heterocycles. The number of aliphatic carboxylic acids is 1. The Morgan fingerprint density at radius 2 is 1.68 bits per heavy atom. The summed E-state index contributed by atoms with van der Waals surface area (Å²) in [5.74, 6) is -1.20. The summed E-state index contributed by atoms with van der Waals surface area (Å²) in [6.07, 6.45) is 1.41. The second-order valence-electron chi connectivity index (χ2n) is 11.6. The van der Waals surface area contributed by atoms with Crippen LogP contribution in [0.25, 0.3) is 0 Å². The maximum Gasteiger partial charge on any atom is 0.490 e. The summed E-state index contributed by atoms with van der Waals surface area (Å²) >= 11 is 3.48. The number of piperidine rings is 1. The molecule has 2 aliphatic heterocycles. The highest BCUT2D eigenvalue weighted by atomic mass is 79.9. The van der Waals surface area contributed by atoms with Crippen LogP contribution >= 0.6 is 15.9 Å². The number of carboxylic acid groups (broad SMARTS) is 1. The van der Waals surface area contributed by atoms with Crippen LogP contribution in [0, 0.1) is 0 Å². The topological polar surface area (TPSA) is 103 Å². The Morgan fingerprint density at radius 3 is 2.30 bits per heavy atom. The lowest BCUT2D eigenvalue weighted by Gasteiger charge is -2.48. The third-order valence-electron chi connectivity index (χ3n) is 9.08. The number of benzene rings is 2. The van der Waals surface area contributed by atoms with Crippen molar-refractivity contribution in [3.8, 4) is 11.5 Å². The molecule has 0 spiro atoms. The van der Waals surface area contributed by atoms with Gasteiger partial charge >= 0.3 is 18.2 Å². The van der Waals surface area contributed by atoms with Crippen molar-refractivity contribution in [3.05, 3.63) is 52.5 Å². The Morgan fingerprint density at radius 1 is 1.00 bits per heavy atom. The van der Waals surface area contributed by atoms with Gasteiger partial charge in [0.05, 0.1) is 14.2 Å². The zero-order valence-electron chi connectivity index (χ0n) is 25.1. The number of anilines is 1. The molecule has 9 nitrogen and oxygen atoms in total. The van der Waals surface area contributed by atoms with Crippen LogP contribution in [0.5, 0.6) is 11.5 Å². The molecule has 3 N–H and O–H groups in total. The van der Waals surface area contributed by atoms with Gasteiger partial charge in [-0.25, -0.2) is 9.59 Å². The number of rotatable bonds is 6. The highest BCUT2D eigenvalue weighted by molar-refractivity contribution is 9.10. The second kappa shape index (κ2) is 14.4. The number of likely N-dealkylation sites (tertiary alicyclic amines) is 2. The van der Waals surface area contributed by atoms with E-state index in [-0.39, 0.29) is 17.5 Å². The first-order valence-corrected chi connectivity index (χ1v) is 15.5. The first-order chi connectivity index (χ1) is 20.9. The molecule has 1 saturated carbocycles. The van der Waals surface area contributed by atoms with Gasteiger partial charge in [-0.1, -0.05) is 28.1 Å². The van der Waals surface area contributed by atoms with Gasteiger partial charge in [-0.15, -0.1) is 0 Å². The minimum Gasteiger partial charge on any atom is -0.493 e. The number of nitrogens with zero attached hydrogens (tertiary/aromatic N) is 2. The van der Waals surface area contributed by atoms with Crippen molar-refractivity contribution in [1.29, 1.82) is 0 Å². The van der Waals surface area contributed by atoms with Gasteiger partial charge in [0, 0.05) is 33.7 Å². The standard InChI is InChI=1S/C29H39BrN4O3.C2HF3O2/c1-33-14-10-24(11-15-33)34-16-13-29(20-7-8-25(36-2)26(17-20)37-3)12-9-23(19-27(29)34)32-28(35)31-22-6-4-5-21(30)18-22;3-2(4,5)1(6)7/h4-8,17-18,23-24,27H,9-16,19H2,1-3H3,(H2,31,32,35);(H,6,7)/t23-,27+,29+;/m1./s1. The Labute approximate surface area is 264 Å². The van der Waals surface area contributed by atoms with E-state index in [4.69, 9.17) is 19.4 Å². The van der Waals surface area contributed by atoms with E-state index in [0.717, 1.165) is 67.0 Å². The molecular formula is C31H40BrF3N4O5. The number of carbonyl (C=O) groups excluding carboxylic acids is 1. The van der Waals surface area contributed by atoms with Crippen LogP contribution in [-0.4, -0.2) is 92.1 Å². The van der Waals surface area contributed by atoms with Gasteiger partial charge in [-0.2, -0.15) is 13.2 Å². The van der Waals surface area contributed by atoms with Crippen molar-refractivity contribution >= 4 is 33.6 Å². The van der Waals surface area contributed by atoms with E-state index in [1.54, 1.807) is 14.2 Å². The number of amides is 2. The largest absolute Gasteiger partial charge is 0.493 e. The molecule has 5 rings (SSSR count). The molecule has 2 saturated heterocycles. The highest BCUT2D eigenvalue weighted by Gasteiger charge is 2.53. The van der Waals surface area contributed by atoms with Crippen molar-refractivity contribution < 1.29 is 37.3 Å². The van der Waals surface area contributed by atoms with E-state index in [0.29, 0.717) is 12.1 Å². The fraction of sp³-hybridized carbons (Fsp3) is 0.548. The van der Waals surface area contributed by atoms with Gasteiger partial charge in [0.25, 0.3) is 0 Å². The summed E-state index contributed by atoms with van der Waals surface area (Å²) in [6.45, 7) is 3.40. The van der Waals surface area contributed by atoms with Crippen molar-refractivity contribution in [2.75, 3.05) is 46.2 Å². The predicted molar refractivity (Wildman–Crippen MR) is 164 cm³/mol. The maximum atomic E-state index is 12.9. The molecule has 0 unspecified atom stereocenters. The van der Waals surface area contributed by atoms with Crippen LogP contribution in [-0.2, 0) is 10.2 Å². The number of carbonyl (C=O) groups is 2. The molecule has 0 radical (unpaired) electrons. The molecule has 13 heteroatoms. The van der Waals surface area contributed by atoms with Gasteiger partial charge < -0.3 is 30.1 Å². The van der Waals surface area contributed by atoms with E-state index >= 15 is 0 Å². The average molecular weight is 686 g/mol. The molecule has 0 bridgehead atoms. The first-order valence-electron chi connectivity index (χ1n) is 14.7. The molecular weight excluding hydrogens is 645 g/mol. The number of nitrogens with one attached hydrogen (secondary N) is 2. The lowest BCUT2D eigenvalue weighted by atomic mass is 9.65. The van der Waals surface area contributed by atoms with Crippen LogP contribution in [0.2, 0.25) is 0 Å². The maximum absolute atomic E-state index is 12.9. The van der Waals surface area contributed by atoms with Gasteiger partial charge in [-0.05, 0) is 101 Å². The number of carboxylic acids is 1. The number of methoxy groups -OCH3 is 2. The molecule has 2 aromatic carbocycles. The molecule has 3 atom stereocenters. The molecule has 3 fully saturated rings. The molecule has 3 aliphatic rings. The second-order valence-corrected chi connectivity index (χ2v) is 12.6. The zero-order valence-corrected chi connectivity index (χ0v) is 26.7. The quantitative estimate of drug-likeness (QED) is 0.349. The van der Waals surface area contributed by atoms with E-state index in [1.165, 1.54) is 18.4 Å². The summed E-state index contributed by atoms with van der Waals surface area (Å²) in [5, 5.41) is 13.4. The number of halogens is 4. The fourth-order valence-corrected chi connectivity index (χ4v) is 7.28. The Balaban J connectivity index is 0.000000566. The van der Waals surface area contributed by atoms with Gasteiger partial charge in [0.1, 0.15) is 0 Å². The van der Waals surface area contributed by atoms with Crippen LogP contribution in [0.4, 0.5) is 23.7 Å². The first kappa shape index (κ1) is 33.9. The number of hydrogen-bond donors (Lipinski definition) is 3. The minimum absolute atomic E-state index is 0.0574. The number of hydrogen-bond acceptors (Lipinski definition) is 6. The summed E-state index contributed by atoms with van der Waals surface area (Å²) in [6, 6.07) is 15.2. The molecule has 1 aliphatic carbocycles. The lowest BCUT2D eigenvalue weighted by molar-refractivity contribution is -0.192. The average Bonchev–Trinajstić information content (AvgIpc) is 3.37. The summed E-state index contributed by atoms with van der Waals surface area (Å²) in [5.41, 5.74) is 2.18. The lowest BCUT2D eigenvalue weighted by Crippen LogP contribution is -2.56. The molecule has 242 valence electrons. The highest BCUT2D eigenvalue weighted by Crippen LogP contribution is 2.51. The Hall–Kier alpha value is -3.03. The summed E-state index contributed by atoms with van der Waals surface area (Å²) < 4.78 is 43.9. The van der Waals surface area contributed by atoms with Crippen molar-refractivity contribution in [2.45, 2.75) is 68.2 Å².